The zero-order valence-corrected chi connectivity index (χ0v) is 15.7. The van der Waals surface area contributed by atoms with Gasteiger partial charge in [-0.15, -0.1) is 0 Å². The predicted octanol–water partition coefficient (Wildman–Crippen LogP) is 4.95. The molecule has 3 rings (SSSR count). The molecule has 0 atom stereocenters. The standard InChI is InChI=1S/C21H18F3NO4/c1-25(12-16(26)28-2)20-17(14-9-6-10-15(11-14)21(22,23)24)18(27)19(29-20)13-7-4-3-5-8-13/h3-11,27H,12H2,1-2H3. The summed E-state index contributed by atoms with van der Waals surface area (Å²) in [5, 5.41) is 10.8. The number of aromatic hydroxyl groups is 1. The number of anilines is 1. The average Bonchev–Trinajstić information content (AvgIpc) is 3.05. The van der Waals surface area contributed by atoms with Gasteiger partial charge in [-0.25, -0.2) is 0 Å². The largest absolute Gasteiger partial charge is 0.504 e. The highest BCUT2D eigenvalue weighted by molar-refractivity contribution is 5.89. The molecule has 0 aliphatic heterocycles. The van der Waals surface area contributed by atoms with Crippen LogP contribution in [0.3, 0.4) is 0 Å². The van der Waals surface area contributed by atoms with Gasteiger partial charge >= 0.3 is 12.1 Å². The van der Waals surface area contributed by atoms with Gasteiger partial charge < -0.3 is 19.2 Å². The van der Waals surface area contributed by atoms with Crippen LogP contribution >= 0.6 is 0 Å². The van der Waals surface area contributed by atoms with E-state index in [9.17, 15) is 23.1 Å². The maximum Gasteiger partial charge on any atom is 0.416 e. The molecule has 29 heavy (non-hydrogen) atoms. The summed E-state index contributed by atoms with van der Waals surface area (Å²) in [6, 6.07) is 13.2. The van der Waals surface area contributed by atoms with Crippen LogP contribution in [0.15, 0.2) is 59.0 Å². The van der Waals surface area contributed by atoms with Crippen molar-refractivity contribution in [3.05, 3.63) is 60.2 Å². The molecule has 0 fully saturated rings. The fourth-order valence-corrected chi connectivity index (χ4v) is 2.91. The number of carbonyl (C=O) groups is 1. The SMILES string of the molecule is COC(=O)CN(C)c1oc(-c2ccccc2)c(O)c1-c1cccc(C(F)(F)F)c1. The smallest absolute Gasteiger partial charge is 0.416 e. The van der Waals surface area contributed by atoms with E-state index in [1.807, 2.05) is 0 Å². The van der Waals surface area contributed by atoms with Crippen molar-refractivity contribution >= 4 is 11.9 Å². The Hall–Kier alpha value is -3.42. The van der Waals surface area contributed by atoms with E-state index in [0.29, 0.717) is 5.56 Å². The van der Waals surface area contributed by atoms with Crippen molar-refractivity contribution in [3.8, 4) is 28.2 Å². The van der Waals surface area contributed by atoms with E-state index in [2.05, 4.69) is 4.74 Å². The van der Waals surface area contributed by atoms with Gasteiger partial charge in [0.05, 0.1) is 18.2 Å². The van der Waals surface area contributed by atoms with E-state index < -0.39 is 17.7 Å². The Morgan fingerprint density at radius 2 is 1.76 bits per heavy atom. The minimum Gasteiger partial charge on any atom is -0.504 e. The zero-order chi connectivity index (χ0) is 21.2. The molecule has 0 saturated carbocycles. The number of hydrogen-bond donors (Lipinski definition) is 1. The fourth-order valence-electron chi connectivity index (χ4n) is 2.91. The number of nitrogens with zero attached hydrogens (tertiary/aromatic N) is 1. The van der Waals surface area contributed by atoms with Gasteiger partial charge in [0, 0.05) is 12.6 Å². The van der Waals surface area contributed by atoms with Crippen LogP contribution in [-0.4, -0.2) is 31.8 Å². The van der Waals surface area contributed by atoms with Gasteiger partial charge in [0.15, 0.2) is 11.5 Å². The molecule has 1 heterocycles. The van der Waals surface area contributed by atoms with Crippen molar-refractivity contribution in [2.24, 2.45) is 0 Å². The normalized spacial score (nSPS) is 11.3. The summed E-state index contributed by atoms with van der Waals surface area (Å²) in [6.07, 6.45) is -4.55. The molecule has 0 bridgehead atoms. The molecular weight excluding hydrogens is 387 g/mol. The third-order valence-electron chi connectivity index (χ3n) is 4.32. The second kappa shape index (κ2) is 7.90. The molecular formula is C21H18F3NO4. The Morgan fingerprint density at radius 1 is 1.10 bits per heavy atom. The number of hydrogen-bond acceptors (Lipinski definition) is 5. The first-order chi connectivity index (χ1) is 13.7. The third kappa shape index (κ3) is 4.21. The van der Waals surface area contributed by atoms with Crippen molar-refractivity contribution in [2.45, 2.75) is 6.18 Å². The lowest BCUT2D eigenvalue weighted by Crippen LogP contribution is -2.26. The second-order valence-electron chi connectivity index (χ2n) is 6.34. The Morgan fingerprint density at radius 3 is 2.38 bits per heavy atom. The number of carbonyl (C=O) groups excluding carboxylic acids is 1. The Labute approximate surface area is 164 Å². The van der Waals surface area contributed by atoms with Crippen LogP contribution in [0, 0.1) is 0 Å². The maximum atomic E-state index is 13.2. The lowest BCUT2D eigenvalue weighted by atomic mass is 10.0. The van der Waals surface area contributed by atoms with E-state index in [4.69, 9.17) is 4.42 Å². The van der Waals surface area contributed by atoms with Gasteiger partial charge in [0.2, 0.25) is 5.88 Å². The van der Waals surface area contributed by atoms with E-state index >= 15 is 0 Å². The average molecular weight is 405 g/mol. The number of ether oxygens (including phenoxy) is 1. The number of furan rings is 1. The van der Waals surface area contributed by atoms with E-state index in [1.165, 1.54) is 31.2 Å². The van der Waals surface area contributed by atoms with Gasteiger partial charge in [-0.3, -0.25) is 4.79 Å². The van der Waals surface area contributed by atoms with Crippen LogP contribution in [0.1, 0.15) is 5.56 Å². The summed E-state index contributed by atoms with van der Waals surface area (Å²) >= 11 is 0. The topological polar surface area (TPSA) is 62.9 Å². The van der Waals surface area contributed by atoms with Crippen LogP contribution < -0.4 is 4.90 Å². The molecule has 0 radical (unpaired) electrons. The summed E-state index contributed by atoms with van der Waals surface area (Å²) in [5.74, 6) is -0.752. The fraction of sp³-hybridized carbons (Fsp3) is 0.190. The van der Waals surface area contributed by atoms with Crippen LogP contribution in [0.2, 0.25) is 0 Å². The highest BCUT2D eigenvalue weighted by Gasteiger charge is 2.32. The van der Waals surface area contributed by atoms with Gasteiger partial charge in [-0.2, -0.15) is 13.2 Å². The van der Waals surface area contributed by atoms with E-state index in [1.54, 1.807) is 30.3 Å². The molecule has 8 heteroatoms. The maximum absolute atomic E-state index is 13.2. The molecule has 0 aliphatic rings. The van der Waals surface area contributed by atoms with Gasteiger partial charge in [0.25, 0.3) is 0 Å². The Bertz CT molecular complexity index is 1010. The monoisotopic (exact) mass is 405 g/mol. The van der Waals surface area contributed by atoms with Crippen molar-refractivity contribution in [1.82, 2.24) is 0 Å². The third-order valence-corrected chi connectivity index (χ3v) is 4.32. The minimum absolute atomic E-state index is 0.0473. The molecule has 1 N–H and O–H groups in total. The molecule has 0 spiro atoms. The summed E-state index contributed by atoms with van der Waals surface area (Å²) in [6.45, 7) is -0.219. The highest BCUT2D eigenvalue weighted by Crippen LogP contribution is 2.48. The number of benzene rings is 2. The van der Waals surface area contributed by atoms with E-state index in [0.717, 1.165) is 12.1 Å². The van der Waals surface area contributed by atoms with Crippen molar-refractivity contribution < 1.29 is 32.2 Å². The molecule has 2 aromatic carbocycles. The quantitative estimate of drug-likeness (QED) is 0.609. The van der Waals surface area contributed by atoms with Crippen LogP contribution in [-0.2, 0) is 15.7 Å². The first kappa shape index (κ1) is 20.3. The van der Waals surface area contributed by atoms with Crippen LogP contribution in [0.5, 0.6) is 5.75 Å². The Balaban J connectivity index is 2.19. The van der Waals surface area contributed by atoms with Crippen LogP contribution in [0.4, 0.5) is 19.1 Å². The molecule has 152 valence electrons. The molecule has 3 aromatic rings. The van der Waals surface area contributed by atoms with Crippen molar-refractivity contribution in [1.29, 1.82) is 0 Å². The minimum atomic E-state index is -4.55. The van der Waals surface area contributed by atoms with Crippen molar-refractivity contribution in [3.63, 3.8) is 0 Å². The number of methoxy groups -OCH3 is 1. The number of alkyl halides is 3. The number of rotatable bonds is 5. The summed E-state index contributed by atoms with van der Waals surface area (Å²) in [4.78, 5) is 13.0. The lowest BCUT2D eigenvalue weighted by Gasteiger charge is -2.17. The molecule has 0 unspecified atom stereocenters. The highest BCUT2D eigenvalue weighted by atomic mass is 19.4. The molecule has 5 nitrogen and oxygen atoms in total. The summed E-state index contributed by atoms with van der Waals surface area (Å²) in [5.41, 5.74) is -0.161. The van der Waals surface area contributed by atoms with Gasteiger partial charge in [-0.05, 0) is 17.7 Å². The summed E-state index contributed by atoms with van der Waals surface area (Å²) < 4.78 is 50.0. The number of likely N-dealkylation sites (N-methyl/N-ethyl adjacent to an activating group) is 1. The van der Waals surface area contributed by atoms with Crippen LogP contribution in [0.25, 0.3) is 22.5 Å². The Kier molecular flexibility index (Phi) is 5.54. The first-order valence-corrected chi connectivity index (χ1v) is 8.59. The number of halogens is 3. The lowest BCUT2D eigenvalue weighted by molar-refractivity contribution is -0.139. The molecule has 0 aliphatic carbocycles. The van der Waals surface area contributed by atoms with E-state index in [-0.39, 0.29) is 35.1 Å². The molecule has 0 amide bonds. The zero-order valence-electron chi connectivity index (χ0n) is 15.7. The second-order valence-corrected chi connectivity index (χ2v) is 6.34. The number of esters is 1. The van der Waals surface area contributed by atoms with Gasteiger partial charge in [0.1, 0.15) is 6.54 Å². The molecule has 1 aromatic heterocycles. The predicted molar refractivity (Wildman–Crippen MR) is 102 cm³/mol. The van der Waals surface area contributed by atoms with Crippen molar-refractivity contribution in [2.75, 3.05) is 25.6 Å². The molecule has 0 saturated heterocycles. The first-order valence-electron chi connectivity index (χ1n) is 8.59. The summed E-state index contributed by atoms with van der Waals surface area (Å²) in [7, 11) is 2.74. The van der Waals surface area contributed by atoms with Gasteiger partial charge in [-0.1, -0.05) is 42.5 Å².